The Morgan fingerprint density at radius 2 is 1.57 bits per heavy atom. The molecule has 9 atom stereocenters. The molecule has 1 aromatic rings. The molecule has 51 heavy (non-hydrogen) atoms. The van der Waals surface area contributed by atoms with E-state index in [9.17, 15) is 19.2 Å². The van der Waals surface area contributed by atoms with Gasteiger partial charge in [-0.2, -0.15) is 0 Å². The number of carbonyl (C=O) groups excluding carboxylic acids is 4. The second kappa shape index (κ2) is 21.6. The predicted octanol–water partition coefficient (Wildman–Crippen LogP) is 5.52. The number of nitrogens with zero attached hydrogens (tertiary/aromatic N) is 2. The molecule has 2 rings (SSSR count). The summed E-state index contributed by atoms with van der Waals surface area (Å²) in [5.74, 6) is -1.11. The van der Waals surface area contributed by atoms with Crippen molar-refractivity contribution in [3.63, 3.8) is 0 Å². The van der Waals surface area contributed by atoms with Crippen molar-refractivity contribution in [2.45, 2.75) is 137 Å². The number of hydrogen-bond donors (Lipinski definition) is 2. The number of piperidine rings is 1. The van der Waals surface area contributed by atoms with Gasteiger partial charge in [-0.3, -0.25) is 19.2 Å². The topological polar surface area (TPSA) is 117 Å². The van der Waals surface area contributed by atoms with Crippen LogP contribution >= 0.6 is 0 Å². The zero-order valence-electron chi connectivity index (χ0n) is 33.7. The maximum Gasteiger partial charge on any atom is 0.226 e. The van der Waals surface area contributed by atoms with Gasteiger partial charge in [-0.25, -0.2) is 0 Å². The second-order valence-electron chi connectivity index (χ2n) is 15.6. The van der Waals surface area contributed by atoms with Crippen LogP contribution in [0.5, 0.6) is 0 Å². The average Bonchev–Trinajstić information content (AvgIpc) is 3.10. The summed E-state index contributed by atoms with van der Waals surface area (Å²) in [5.41, 5.74) is 1.16. The normalized spacial score (nSPS) is 19.8. The Morgan fingerprint density at radius 1 is 0.922 bits per heavy atom. The fourth-order valence-electron chi connectivity index (χ4n) is 7.94. The first kappa shape index (κ1) is 44.3. The molecule has 1 aliphatic heterocycles. The molecule has 0 spiro atoms. The van der Waals surface area contributed by atoms with Crippen molar-refractivity contribution in [3.05, 3.63) is 35.9 Å². The van der Waals surface area contributed by atoms with Crippen LogP contribution < -0.4 is 10.6 Å². The summed E-state index contributed by atoms with van der Waals surface area (Å²) < 4.78 is 12.1. The molecule has 2 N–H and O–H groups in total. The second-order valence-corrected chi connectivity index (χ2v) is 15.6. The standard InChI is InChI=1S/C41H70N4O6/c1-13-28(6)38(44(10)41(49)32(26(2)3)24-34(46)37(42-9)27(4)5)35(50-11)25-36(47)45-22-18-17-21-33(45)39(51-12)30(8)40(48)43-29(7)23-31-19-15-14-16-20-31/h14-16,19-20,26-30,32-33,35,37-39,42H,13,17-18,21-25H2,1-12H3,(H,43,48)/t28-,29+,30+,32-,33-,35+,37-,38-,39+/m0/s1. The van der Waals surface area contributed by atoms with Gasteiger partial charge in [0.15, 0.2) is 5.78 Å². The summed E-state index contributed by atoms with van der Waals surface area (Å²) in [6.45, 7) is 16.6. The van der Waals surface area contributed by atoms with Crippen LogP contribution in [0.2, 0.25) is 0 Å². The number of nitrogens with one attached hydrogen (secondary N) is 2. The van der Waals surface area contributed by atoms with Crippen molar-refractivity contribution in [1.29, 1.82) is 0 Å². The van der Waals surface area contributed by atoms with Crippen LogP contribution in [0.4, 0.5) is 0 Å². The van der Waals surface area contributed by atoms with Crippen LogP contribution in [0.1, 0.15) is 99.5 Å². The molecule has 0 aliphatic carbocycles. The molecule has 10 nitrogen and oxygen atoms in total. The summed E-state index contributed by atoms with van der Waals surface area (Å²) in [4.78, 5) is 58.9. The number of carbonyl (C=O) groups is 4. The van der Waals surface area contributed by atoms with E-state index >= 15 is 0 Å². The van der Waals surface area contributed by atoms with E-state index in [4.69, 9.17) is 9.47 Å². The first-order valence-electron chi connectivity index (χ1n) is 19.3. The Balaban J connectivity index is 2.26. The first-order chi connectivity index (χ1) is 24.1. The van der Waals surface area contributed by atoms with Crippen molar-refractivity contribution in [1.82, 2.24) is 20.4 Å². The van der Waals surface area contributed by atoms with Gasteiger partial charge in [0.25, 0.3) is 0 Å². The molecule has 290 valence electrons. The zero-order valence-corrected chi connectivity index (χ0v) is 33.7. The highest BCUT2D eigenvalue weighted by Gasteiger charge is 2.42. The molecule has 0 radical (unpaired) electrons. The van der Waals surface area contributed by atoms with Crippen molar-refractivity contribution in [2.75, 3.05) is 34.9 Å². The minimum Gasteiger partial charge on any atom is -0.379 e. The Morgan fingerprint density at radius 3 is 2.10 bits per heavy atom. The third kappa shape index (κ3) is 12.4. The molecule has 1 fully saturated rings. The maximum absolute atomic E-state index is 14.3. The summed E-state index contributed by atoms with van der Waals surface area (Å²) >= 11 is 0. The van der Waals surface area contributed by atoms with Gasteiger partial charge in [0.05, 0.1) is 42.7 Å². The monoisotopic (exact) mass is 715 g/mol. The highest BCUT2D eigenvalue weighted by atomic mass is 16.5. The molecular formula is C41H70N4O6. The molecule has 10 heteroatoms. The molecule has 0 aromatic heterocycles. The SMILES string of the molecule is CC[C@H](C)[C@@H]([C@@H](CC(=O)N1CCCC[C@H]1[C@H](OC)[C@@H](C)C(=O)N[C@H](C)Cc1ccccc1)OC)N(C)C(=O)[C@@H](CC(=O)[C@@H](NC)C(C)C)C(C)C. The van der Waals surface area contributed by atoms with E-state index in [1.807, 2.05) is 64.6 Å². The van der Waals surface area contributed by atoms with Crippen molar-refractivity contribution >= 4 is 23.5 Å². The molecule has 0 unspecified atom stereocenters. The summed E-state index contributed by atoms with van der Waals surface area (Å²) in [5, 5.41) is 6.28. The lowest BCUT2D eigenvalue weighted by Gasteiger charge is -2.43. The average molecular weight is 715 g/mol. The smallest absolute Gasteiger partial charge is 0.226 e. The first-order valence-corrected chi connectivity index (χ1v) is 19.3. The van der Waals surface area contributed by atoms with Gasteiger partial charge in [0.1, 0.15) is 0 Å². The van der Waals surface area contributed by atoms with Gasteiger partial charge in [-0.1, -0.05) is 85.2 Å². The van der Waals surface area contributed by atoms with E-state index in [1.165, 1.54) is 0 Å². The Hall–Kier alpha value is -2.82. The number of Topliss-reactive ketones (excluding diaryl/α,β-unsaturated/α-hetero) is 1. The lowest BCUT2D eigenvalue weighted by molar-refractivity contribution is -0.151. The molecule has 1 heterocycles. The summed E-state index contributed by atoms with van der Waals surface area (Å²) in [6.07, 6.45) is 3.24. The van der Waals surface area contributed by atoms with Crippen LogP contribution in [0.25, 0.3) is 0 Å². The Kier molecular flexibility index (Phi) is 18.8. The van der Waals surface area contributed by atoms with E-state index in [1.54, 1.807) is 33.2 Å². The summed E-state index contributed by atoms with van der Waals surface area (Å²) in [6, 6.07) is 9.06. The lowest BCUT2D eigenvalue weighted by Crippen LogP contribution is -2.57. The quantitative estimate of drug-likeness (QED) is 0.172. The van der Waals surface area contributed by atoms with Crippen LogP contribution in [-0.2, 0) is 35.1 Å². The number of methoxy groups -OCH3 is 2. The fraction of sp³-hybridized carbons (Fsp3) is 0.756. The molecule has 0 bridgehead atoms. The minimum atomic E-state index is -0.561. The van der Waals surface area contributed by atoms with E-state index in [2.05, 4.69) is 36.6 Å². The Bertz CT molecular complexity index is 1230. The van der Waals surface area contributed by atoms with Gasteiger partial charge >= 0.3 is 0 Å². The number of likely N-dealkylation sites (N-methyl/N-ethyl adjacent to an activating group) is 2. The van der Waals surface area contributed by atoms with E-state index in [0.29, 0.717) is 6.54 Å². The number of rotatable bonds is 21. The largest absolute Gasteiger partial charge is 0.379 e. The Labute approximate surface area is 309 Å². The lowest BCUT2D eigenvalue weighted by atomic mass is 9.84. The van der Waals surface area contributed by atoms with Crippen LogP contribution in [0.15, 0.2) is 30.3 Å². The highest BCUT2D eigenvalue weighted by molar-refractivity contribution is 5.90. The van der Waals surface area contributed by atoms with Gasteiger partial charge in [-0.05, 0) is 63.0 Å². The number of benzene rings is 1. The number of hydrogen-bond acceptors (Lipinski definition) is 7. The third-order valence-electron chi connectivity index (χ3n) is 11.1. The van der Waals surface area contributed by atoms with Gasteiger partial charge in [0.2, 0.25) is 17.7 Å². The molecule has 1 aromatic carbocycles. The van der Waals surface area contributed by atoms with Gasteiger partial charge < -0.3 is 29.9 Å². The molecular weight excluding hydrogens is 644 g/mol. The third-order valence-corrected chi connectivity index (χ3v) is 11.1. The van der Waals surface area contributed by atoms with E-state index < -0.39 is 24.0 Å². The van der Waals surface area contributed by atoms with Crippen molar-refractivity contribution in [3.8, 4) is 0 Å². The summed E-state index contributed by atoms with van der Waals surface area (Å²) in [7, 11) is 6.79. The van der Waals surface area contributed by atoms with E-state index in [0.717, 1.165) is 37.7 Å². The zero-order chi connectivity index (χ0) is 38.4. The number of likely N-dealkylation sites (tertiary alicyclic amines) is 1. The maximum atomic E-state index is 14.3. The van der Waals surface area contributed by atoms with Gasteiger partial charge in [0, 0.05) is 46.2 Å². The van der Waals surface area contributed by atoms with Crippen LogP contribution in [-0.4, -0.2) is 105 Å². The van der Waals surface area contributed by atoms with Crippen molar-refractivity contribution < 1.29 is 28.7 Å². The molecule has 3 amide bonds. The minimum absolute atomic E-state index is 0.0314. The van der Waals surface area contributed by atoms with Crippen LogP contribution in [0.3, 0.4) is 0 Å². The van der Waals surface area contributed by atoms with Crippen molar-refractivity contribution in [2.24, 2.45) is 29.6 Å². The molecule has 1 saturated heterocycles. The number of ether oxygens (including phenoxy) is 2. The fourth-order valence-corrected chi connectivity index (χ4v) is 7.94. The predicted molar refractivity (Wildman–Crippen MR) is 204 cm³/mol. The molecule has 0 saturated carbocycles. The number of ketones is 1. The molecule has 1 aliphatic rings. The van der Waals surface area contributed by atoms with E-state index in [-0.39, 0.29) is 78.3 Å². The highest BCUT2D eigenvalue weighted by Crippen LogP contribution is 2.30. The van der Waals surface area contributed by atoms with Gasteiger partial charge in [-0.15, -0.1) is 0 Å². The number of amides is 3. The van der Waals surface area contributed by atoms with Crippen LogP contribution in [0, 0.1) is 29.6 Å².